The topological polar surface area (TPSA) is 148 Å². The van der Waals surface area contributed by atoms with Gasteiger partial charge in [0.25, 0.3) is 5.69 Å². The third-order valence-corrected chi connectivity index (χ3v) is 6.27. The Labute approximate surface area is 212 Å². The van der Waals surface area contributed by atoms with E-state index in [0.717, 1.165) is 22.3 Å². The fraction of sp³-hybridized carbons (Fsp3) is 0.222. The highest BCUT2D eigenvalue weighted by Crippen LogP contribution is 2.44. The van der Waals surface area contributed by atoms with Crippen LogP contribution in [0.1, 0.15) is 29.5 Å². The summed E-state index contributed by atoms with van der Waals surface area (Å²) in [5.74, 6) is -2.12. The molecule has 1 aliphatic rings. The van der Waals surface area contributed by atoms with Gasteiger partial charge in [-0.25, -0.2) is 9.59 Å². The lowest BCUT2D eigenvalue weighted by atomic mass is 9.98. The summed E-state index contributed by atoms with van der Waals surface area (Å²) in [5.41, 5.74) is 4.66. The Balaban J connectivity index is 1.32. The van der Waals surface area contributed by atoms with E-state index >= 15 is 0 Å². The second-order valence-electron chi connectivity index (χ2n) is 8.72. The Morgan fingerprint density at radius 2 is 1.51 bits per heavy atom. The van der Waals surface area contributed by atoms with Crippen LogP contribution in [0, 0.1) is 10.1 Å². The Hall–Kier alpha value is -4.73. The molecule has 0 unspecified atom stereocenters. The zero-order valence-electron chi connectivity index (χ0n) is 19.9. The predicted octanol–water partition coefficient (Wildman–Crippen LogP) is 3.63. The number of carbonyl (C=O) groups excluding carboxylic acids is 2. The smallest absolute Gasteiger partial charge is 0.407 e. The minimum Gasteiger partial charge on any atom is -0.480 e. The number of alkyl carbamates (subject to hydrolysis) is 1. The van der Waals surface area contributed by atoms with Gasteiger partial charge in [-0.05, 0) is 34.7 Å². The first-order chi connectivity index (χ1) is 17.7. The van der Waals surface area contributed by atoms with Crippen molar-refractivity contribution >= 4 is 23.7 Å². The third kappa shape index (κ3) is 5.75. The van der Waals surface area contributed by atoms with Crippen LogP contribution in [0.3, 0.4) is 0 Å². The predicted molar refractivity (Wildman–Crippen MR) is 134 cm³/mol. The van der Waals surface area contributed by atoms with Gasteiger partial charge in [0.2, 0.25) is 5.91 Å². The molecule has 10 nitrogen and oxygen atoms in total. The average molecular weight is 504 g/mol. The molecule has 0 saturated carbocycles. The third-order valence-electron chi connectivity index (χ3n) is 6.27. The van der Waals surface area contributed by atoms with Crippen LogP contribution in [-0.2, 0) is 20.7 Å². The van der Waals surface area contributed by atoms with Crippen LogP contribution < -0.4 is 10.6 Å². The van der Waals surface area contributed by atoms with Crippen molar-refractivity contribution < 1.29 is 29.2 Å². The van der Waals surface area contributed by atoms with Gasteiger partial charge >= 0.3 is 12.1 Å². The van der Waals surface area contributed by atoms with Crippen LogP contribution in [0.25, 0.3) is 11.1 Å². The fourth-order valence-electron chi connectivity index (χ4n) is 4.37. The van der Waals surface area contributed by atoms with Crippen molar-refractivity contribution in [2.24, 2.45) is 0 Å². The number of nitrogens with one attached hydrogen (secondary N) is 2. The van der Waals surface area contributed by atoms with Gasteiger partial charge in [-0.3, -0.25) is 14.9 Å². The first-order valence-corrected chi connectivity index (χ1v) is 11.6. The summed E-state index contributed by atoms with van der Waals surface area (Å²) in [5, 5.41) is 25.1. The molecule has 4 rings (SSSR count). The number of fused-ring (bicyclic) bond motifs is 3. The number of non-ortho nitro benzene ring substituents is 1. The largest absolute Gasteiger partial charge is 0.480 e. The molecule has 0 heterocycles. The first kappa shape index (κ1) is 25.4. The molecule has 0 aromatic heterocycles. The van der Waals surface area contributed by atoms with Gasteiger partial charge in [-0.2, -0.15) is 0 Å². The summed E-state index contributed by atoms with van der Waals surface area (Å²) in [4.78, 5) is 46.9. The molecule has 0 radical (unpaired) electrons. The molecule has 3 N–H and O–H groups in total. The number of amides is 2. The second-order valence-corrected chi connectivity index (χ2v) is 8.72. The number of carboxylic acid groups (broad SMARTS) is 1. The van der Waals surface area contributed by atoms with E-state index in [9.17, 15) is 29.6 Å². The Bertz CT molecular complexity index is 1290. The summed E-state index contributed by atoms with van der Waals surface area (Å²) in [6, 6.07) is 18.8. The molecule has 3 aromatic carbocycles. The zero-order valence-corrected chi connectivity index (χ0v) is 19.9. The van der Waals surface area contributed by atoms with Crippen molar-refractivity contribution in [1.82, 2.24) is 10.6 Å². The Morgan fingerprint density at radius 3 is 2.05 bits per heavy atom. The number of carbonyl (C=O) groups is 3. The maximum Gasteiger partial charge on any atom is 0.407 e. The number of nitrogens with zero attached hydrogens (tertiary/aromatic N) is 1. The SMILES string of the molecule is C[C@H](NC(=O)OCC1c2ccccc2-c2ccccc21)C(=O)N[C@@H](Cc1ccc([N+](=O)[O-])cc1)C(=O)O. The Morgan fingerprint density at radius 1 is 0.946 bits per heavy atom. The van der Waals surface area contributed by atoms with Crippen molar-refractivity contribution in [3.63, 3.8) is 0 Å². The molecule has 0 saturated heterocycles. The molecule has 0 fully saturated rings. The highest BCUT2D eigenvalue weighted by atomic mass is 16.6. The van der Waals surface area contributed by atoms with Crippen LogP contribution in [0.15, 0.2) is 72.8 Å². The molecule has 2 amide bonds. The Kier molecular flexibility index (Phi) is 7.47. The average Bonchev–Trinajstić information content (AvgIpc) is 3.21. The standard InChI is InChI=1S/C27H25N3O7/c1-16(25(31)29-24(26(32)33)14-17-10-12-18(13-11-17)30(35)36)28-27(34)37-15-23-21-8-4-2-6-19(21)20-7-3-5-9-22(20)23/h2-13,16,23-24H,14-15H2,1H3,(H,28,34)(H,29,31)(H,32,33)/t16-,24-/m0/s1. The van der Waals surface area contributed by atoms with Crippen molar-refractivity contribution in [1.29, 1.82) is 0 Å². The summed E-state index contributed by atoms with van der Waals surface area (Å²) < 4.78 is 5.44. The number of hydrogen-bond acceptors (Lipinski definition) is 6. The second kappa shape index (κ2) is 10.9. The van der Waals surface area contributed by atoms with E-state index in [1.165, 1.54) is 31.2 Å². The molecule has 0 aliphatic heterocycles. The molecule has 190 valence electrons. The summed E-state index contributed by atoms with van der Waals surface area (Å²) >= 11 is 0. The monoisotopic (exact) mass is 503 g/mol. The number of nitro groups is 1. The number of rotatable bonds is 9. The van der Waals surface area contributed by atoms with Gasteiger partial charge in [0, 0.05) is 24.5 Å². The van der Waals surface area contributed by atoms with E-state index in [2.05, 4.69) is 10.6 Å². The van der Waals surface area contributed by atoms with Crippen LogP contribution in [0.2, 0.25) is 0 Å². The number of nitro benzene ring substituents is 1. The van der Waals surface area contributed by atoms with E-state index in [0.29, 0.717) is 5.56 Å². The maximum absolute atomic E-state index is 12.6. The molecule has 0 bridgehead atoms. The molecule has 0 spiro atoms. The molecule has 3 aromatic rings. The first-order valence-electron chi connectivity index (χ1n) is 11.6. The van der Waals surface area contributed by atoms with Gasteiger partial charge < -0.3 is 20.5 Å². The fourth-order valence-corrected chi connectivity index (χ4v) is 4.37. The van der Waals surface area contributed by atoms with Crippen LogP contribution >= 0.6 is 0 Å². The highest BCUT2D eigenvalue weighted by Gasteiger charge is 2.30. The lowest BCUT2D eigenvalue weighted by molar-refractivity contribution is -0.384. The summed E-state index contributed by atoms with van der Waals surface area (Å²) in [6.45, 7) is 1.49. The number of benzene rings is 3. The van der Waals surface area contributed by atoms with Gasteiger partial charge in [0.1, 0.15) is 18.7 Å². The molecular weight excluding hydrogens is 478 g/mol. The molecular formula is C27H25N3O7. The molecule has 37 heavy (non-hydrogen) atoms. The lowest BCUT2D eigenvalue weighted by Gasteiger charge is -2.19. The highest BCUT2D eigenvalue weighted by molar-refractivity contribution is 5.89. The van der Waals surface area contributed by atoms with Gasteiger partial charge in [0.15, 0.2) is 0 Å². The molecule has 1 aliphatic carbocycles. The van der Waals surface area contributed by atoms with E-state index in [4.69, 9.17) is 4.74 Å². The van der Waals surface area contributed by atoms with Gasteiger partial charge in [-0.1, -0.05) is 60.7 Å². The number of aliphatic carboxylic acids is 1. The number of ether oxygens (including phenoxy) is 1. The quantitative estimate of drug-likeness (QED) is 0.298. The molecule has 2 atom stereocenters. The van der Waals surface area contributed by atoms with Gasteiger partial charge in [0.05, 0.1) is 4.92 Å². The van der Waals surface area contributed by atoms with Crippen molar-refractivity contribution in [3.05, 3.63) is 99.6 Å². The van der Waals surface area contributed by atoms with Crippen LogP contribution in [-0.4, -0.2) is 46.7 Å². The van der Waals surface area contributed by atoms with Crippen molar-refractivity contribution in [2.75, 3.05) is 6.61 Å². The van der Waals surface area contributed by atoms with Gasteiger partial charge in [-0.15, -0.1) is 0 Å². The van der Waals surface area contributed by atoms with Crippen LogP contribution in [0.4, 0.5) is 10.5 Å². The number of carboxylic acids is 1. The maximum atomic E-state index is 12.6. The van der Waals surface area contributed by atoms with Crippen molar-refractivity contribution in [3.8, 4) is 11.1 Å². The minimum atomic E-state index is -1.29. The van der Waals surface area contributed by atoms with E-state index in [1.54, 1.807) is 0 Å². The summed E-state index contributed by atoms with van der Waals surface area (Å²) in [7, 11) is 0. The summed E-state index contributed by atoms with van der Waals surface area (Å²) in [6.07, 6.45) is -0.886. The molecule has 10 heteroatoms. The van der Waals surface area contributed by atoms with Crippen LogP contribution in [0.5, 0.6) is 0 Å². The van der Waals surface area contributed by atoms with E-state index in [1.807, 2.05) is 48.5 Å². The van der Waals surface area contributed by atoms with E-state index < -0.39 is 35.0 Å². The zero-order chi connectivity index (χ0) is 26.5. The number of hydrogen-bond donors (Lipinski definition) is 3. The van der Waals surface area contributed by atoms with E-state index in [-0.39, 0.29) is 24.6 Å². The lowest BCUT2D eigenvalue weighted by Crippen LogP contribution is -2.51. The minimum absolute atomic E-state index is 0.0755. The van der Waals surface area contributed by atoms with Crippen molar-refractivity contribution in [2.45, 2.75) is 31.3 Å². The normalized spacial score (nSPS) is 13.5.